The van der Waals surface area contributed by atoms with Crippen molar-refractivity contribution in [3.63, 3.8) is 0 Å². The van der Waals surface area contributed by atoms with Crippen LogP contribution in [0.4, 0.5) is 8.78 Å². The summed E-state index contributed by atoms with van der Waals surface area (Å²) in [6.07, 6.45) is 2.16. The average Bonchev–Trinajstić information content (AvgIpc) is 2.67. The van der Waals surface area contributed by atoms with E-state index in [1.54, 1.807) is 0 Å². The number of likely N-dealkylation sites (tertiary alicyclic amines) is 1. The van der Waals surface area contributed by atoms with E-state index in [4.69, 9.17) is 0 Å². The van der Waals surface area contributed by atoms with E-state index in [0.29, 0.717) is 6.04 Å². The fourth-order valence-corrected chi connectivity index (χ4v) is 3.35. The lowest BCUT2D eigenvalue weighted by molar-refractivity contribution is 0.166. The lowest BCUT2D eigenvalue weighted by atomic mass is 9.94. The SMILES string of the molecule is CC.CNC1CCN(C(c2ccc(F)cc2)c2ccc(F)cc2)CC1. The van der Waals surface area contributed by atoms with Crippen molar-refractivity contribution in [3.8, 4) is 0 Å². The Kier molecular flexibility index (Phi) is 7.53. The van der Waals surface area contributed by atoms with Crippen molar-refractivity contribution in [2.45, 2.75) is 38.8 Å². The minimum Gasteiger partial charge on any atom is -0.317 e. The standard InChI is InChI=1S/C19H22F2N2.C2H6/c1-22-18-10-12-23(13-11-18)19(14-2-6-16(20)7-3-14)15-4-8-17(21)9-5-15;1-2/h2-9,18-19,22H,10-13H2,1H3;1-2H3. The van der Waals surface area contributed by atoms with E-state index < -0.39 is 0 Å². The Morgan fingerprint density at radius 3 is 1.60 bits per heavy atom. The summed E-state index contributed by atoms with van der Waals surface area (Å²) in [5.41, 5.74) is 2.09. The minimum absolute atomic E-state index is 0.0361. The first-order valence-electron chi connectivity index (χ1n) is 9.09. The summed E-state index contributed by atoms with van der Waals surface area (Å²) in [4.78, 5) is 2.40. The largest absolute Gasteiger partial charge is 0.317 e. The van der Waals surface area contributed by atoms with E-state index in [1.165, 1.54) is 24.3 Å². The Hall–Kier alpha value is -1.78. The minimum atomic E-state index is -0.236. The molecule has 0 bridgehead atoms. The van der Waals surface area contributed by atoms with Gasteiger partial charge in [0.1, 0.15) is 11.6 Å². The molecule has 136 valence electrons. The van der Waals surface area contributed by atoms with Crippen molar-refractivity contribution in [3.05, 3.63) is 71.3 Å². The number of rotatable bonds is 4. The van der Waals surface area contributed by atoms with Crippen LogP contribution in [0.15, 0.2) is 48.5 Å². The zero-order valence-electron chi connectivity index (χ0n) is 15.3. The molecule has 1 fully saturated rings. The van der Waals surface area contributed by atoms with Crippen molar-refractivity contribution < 1.29 is 8.78 Å². The van der Waals surface area contributed by atoms with Crippen LogP contribution in [0, 0.1) is 11.6 Å². The highest BCUT2D eigenvalue weighted by molar-refractivity contribution is 5.32. The highest BCUT2D eigenvalue weighted by Gasteiger charge is 2.26. The number of benzene rings is 2. The average molecular weight is 346 g/mol. The summed E-state index contributed by atoms with van der Waals surface area (Å²) in [6.45, 7) is 5.93. The molecule has 0 radical (unpaired) electrons. The summed E-state index contributed by atoms with van der Waals surface area (Å²) in [7, 11) is 2.00. The summed E-state index contributed by atoms with van der Waals surface area (Å²) >= 11 is 0. The molecule has 2 aromatic rings. The van der Waals surface area contributed by atoms with Crippen LogP contribution in [-0.4, -0.2) is 31.1 Å². The van der Waals surface area contributed by atoms with Crippen LogP contribution >= 0.6 is 0 Å². The number of nitrogens with one attached hydrogen (secondary N) is 1. The van der Waals surface area contributed by atoms with Gasteiger partial charge in [-0.15, -0.1) is 0 Å². The molecule has 1 aliphatic rings. The Morgan fingerprint density at radius 2 is 1.24 bits per heavy atom. The van der Waals surface area contributed by atoms with Gasteiger partial charge in [-0.2, -0.15) is 0 Å². The molecule has 4 heteroatoms. The molecule has 1 saturated heterocycles. The van der Waals surface area contributed by atoms with Crippen LogP contribution in [0.2, 0.25) is 0 Å². The number of hydrogen-bond acceptors (Lipinski definition) is 2. The first kappa shape index (κ1) is 19.5. The highest BCUT2D eigenvalue weighted by Crippen LogP contribution is 2.31. The van der Waals surface area contributed by atoms with E-state index in [9.17, 15) is 8.78 Å². The van der Waals surface area contributed by atoms with Gasteiger partial charge in [-0.25, -0.2) is 8.78 Å². The maximum atomic E-state index is 13.3. The molecule has 1 N–H and O–H groups in total. The Morgan fingerprint density at radius 1 is 0.840 bits per heavy atom. The summed E-state index contributed by atoms with van der Waals surface area (Å²) in [5.74, 6) is -0.471. The first-order valence-corrected chi connectivity index (χ1v) is 9.09. The second-order valence-corrected chi connectivity index (χ2v) is 6.10. The van der Waals surface area contributed by atoms with E-state index in [2.05, 4.69) is 10.2 Å². The summed E-state index contributed by atoms with van der Waals surface area (Å²) in [6, 6.07) is 13.9. The van der Waals surface area contributed by atoms with Gasteiger partial charge >= 0.3 is 0 Å². The molecular formula is C21H28F2N2. The Bertz CT molecular complexity index is 572. The van der Waals surface area contributed by atoms with Crippen LogP contribution in [0.25, 0.3) is 0 Å². The van der Waals surface area contributed by atoms with Gasteiger partial charge in [0.25, 0.3) is 0 Å². The lowest BCUT2D eigenvalue weighted by Crippen LogP contribution is -2.43. The molecule has 0 aromatic heterocycles. The van der Waals surface area contributed by atoms with Crippen LogP contribution in [0.3, 0.4) is 0 Å². The monoisotopic (exact) mass is 346 g/mol. The number of halogens is 2. The van der Waals surface area contributed by atoms with E-state index in [0.717, 1.165) is 37.1 Å². The number of piperidine rings is 1. The molecule has 2 nitrogen and oxygen atoms in total. The topological polar surface area (TPSA) is 15.3 Å². The first-order chi connectivity index (χ1) is 12.2. The predicted octanol–water partition coefficient (Wildman–Crippen LogP) is 4.76. The molecule has 0 unspecified atom stereocenters. The molecule has 0 amide bonds. The molecule has 25 heavy (non-hydrogen) atoms. The Balaban J connectivity index is 0.00000109. The molecule has 0 aliphatic carbocycles. The van der Waals surface area contributed by atoms with E-state index in [-0.39, 0.29) is 17.7 Å². The van der Waals surface area contributed by atoms with Crippen molar-refractivity contribution in [1.82, 2.24) is 10.2 Å². The quantitative estimate of drug-likeness (QED) is 0.858. The van der Waals surface area contributed by atoms with Crippen LogP contribution in [0.1, 0.15) is 43.9 Å². The van der Waals surface area contributed by atoms with Gasteiger partial charge in [-0.1, -0.05) is 38.1 Å². The summed E-state index contributed by atoms with van der Waals surface area (Å²) in [5, 5.41) is 3.33. The van der Waals surface area contributed by atoms with Gasteiger partial charge in [0.05, 0.1) is 6.04 Å². The van der Waals surface area contributed by atoms with Gasteiger partial charge in [0.15, 0.2) is 0 Å². The maximum absolute atomic E-state index is 13.3. The van der Waals surface area contributed by atoms with E-state index >= 15 is 0 Å². The maximum Gasteiger partial charge on any atom is 0.123 e. The molecule has 0 atom stereocenters. The molecule has 2 aromatic carbocycles. The summed E-state index contributed by atoms with van der Waals surface area (Å²) < 4.78 is 26.5. The van der Waals surface area contributed by atoms with Crippen LogP contribution < -0.4 is 5.32 Å². The number of nitrogens with zero attached hydrogens (tertiary/aromatic N) is 1. The van der Waals surface area contributed by atoms with Crippen molar-refractivity contribution >= 4 is 0 Å². The van der Waals surface area contributed by atoms with E-state index in [1.807, 2.05) is 45.2 Å². The third-order valence-electron chi connectivity index (χ3n) is 4.67. The molecule has 3 rings (SSSR count). The van der Waals surface area contributed by atoms with Gasteiger partial charge in [-0.05, 0) is 55.3 Å². The van der Waals surface area contributed by atoms with Gasteiger partial charge in [0, 0.05) is 19.1 Å². The molecule has 1 aliphatic heterocycles. The second-order valence-electron chi connectivity index (χ2n) is 6.10. The zero-order chi connectivity index (χ0) is 18.2. The van der Waals surface area contributed by atoms with Crippen LogP contribution in [0.5, 0.6) is 0 Å². The Labute approximate surface area is 149 Å². The van der Waals surface area contributed by atoms with Crippen molar-refractivity contribution in [1.29, 1.82) is 0 Å². The van der Waals surface area contributed by atoms with Gasteiger partial charge in [0.2, 0.25) is 0 Å². The molecule has 0 saturated carbocycles. The van der Waals surface area contributed by atoms with Gasteiger partial charge in [-0.3, -0.25) is 4.90 Å². The predicted molar refractivity (Wildman–Crippen MR) is 99.6 cm³/mol. The van der Waals surface area contributed by atoms with Crippen molar-refractivity contribution in [2.75, 3.05) is 20.1 Å². The molecule has 1 heterocycles. The molecule has 0 spiro atoms. The number of hydrogen-bond donors (Lipinski definition) is 1. The highest BCUT2D eigenvalue weighted by atomic mass is 19.1. The third-order valence-corrected chi connectivity index (χ3v) is 4.67. The zero-order valence-corrected chi connectivity index (χ0v) is 15.3. The van der Waals surface area contributed by atoms with Crippen LogP contribution in [-0.2, 0) is 0 Å². The van der Waals surface area contributed by atoms with Crippen molar-refractivity contribution in [2.24, 2.45) is 0 Å². The third kappa shape index (κ3) is 5.10. The fourth-order valence-electron chi connectivity index (χ4n) is 3.35. The second kappa shape index (κ2) is 9.64. The fraction of sp³-hybridized carbons (Fsp3) is 0.429. The smallest absolute Gasteiger partial charge is 0.123 e. The molecular weight excluding hydrogens is 318 g/mol. The lowest BCUT2D eigenvalue weighted by Gasteiger charge is -2.38. The normalized spacial score (nSPS) is 15.8. The van der Waals surface area contributed by atoms with Gasteiger partial charge < -0.3 is 5.32 Å².